The minimum atomic E-state index is 0.268. The monoisotopic (exact) mass is 369 g/mol. The zero-order chi connectivity index (χ0) is 18.6. The summed E-state index contributed by atoms with van der Waals surface area (Å²) in [5, 5.41) is 1.20. The number of benzene rings is 1. The van der Waals surface area contributed by atoms with Crippen LogP contribution < -0.4 is 0 Å². The zero-order valence-electron chi connectivity index (χ0n) is 16.4. The van der Waals surface area contributed by atoms with Crippen molar-refractivity contribution in [2.45, 2.75) is 32.6 Å². The van der Waals surface area contributed by atoms with E-state index in [9.17, 15) is 4.79 Å². The third-order valence-electron chi connectivity index (χ3n) is 6.10. The van der Waals surface area contributed by atoms with Crippen molar-refractivity contribution in [2.75, 3.05) is 45.9 Å². The summed E-state index contributed by atoms with van der Waals surface area (Å²) >= 11 is 0. The van der Waals surface area contributed by atoms with E-state index in [1.807, 2.05) is 6.20 Å². The van der Waals surface area contributed by atoms with Gasteiger partial charge < -0.3 is 14.6 Å². The van der Waals surface area contributed by atoms with Gasteiger partial charge in [0.25, 0.3) is 0 Å². The molecule has 2 fully saturated rings. The first kappa shape index (κ1) is 18.5. The van der Waals surface area contributed by atoms with E-state index >= 15 is 0 Å². The third kappa shape index (κ3) is 4.19. The Hall–Kier alpha value is -1.85. The van der Waals surface area contributed by atoms with Crippen molar-refractivity contribution < 1.29 is 9.53 Å². The van der Waals surface area contributed by atoms with Crippen LogP contribution in [0, 0.1) is 5.92 Å². The van der Waals surface area contributed by atoms with E-state index in [0.717, 1.165) is 64.3 Å². The molecule has 0 bridgehead atoms. The van der Waals surface area contributed by atoms with Gasteiger partial charge in [-0.25, -0.2) is 0 Å². The number of rotatable bonds is 5. The number of morpholine rings is 1. The van der Waals surface area contributed by atoms with E-state index in [1.54, 1.807) is 0 Å². The normalized spacial score (nSPS) is 21.7. The molecule has 2 saturated heterocycles. The van der Waals surface area contributed by atoms with Crippen LogP contribution in [0.3, 0.4) is 0 Å². The Labute approximate surface area is 161 Å². The van der Waals surface area contributed by atoms with Gasteiger partial charge in [-0.15, -0.1) is 0 Å². The predicted octanol–water partition coefficient (Wildman–Crippen LogP) is 2.84. The van der Waals surface area contributed by atoms with Crippen LogP contribution in [-0.4, -0.2) is 66.6 Å². The molecule has 2 aliphatic rings. The molecule has 1 aromatic carbocycles. The van der Waals surface area contributed by atoms with Gasteiger partial charge in [0.1, 0.15) is 0 Å². The lowest BCUT2D eigenvalue weighted by Crippen LogP contribution is -2.46. The largest absolute Gasteiger partial charge is 0.379 e. The maximum atomic E-state index is 13.0. The number of piperidine rings is 1. The smallest absolute Gasteiger partial charge is 0.227 e. The number of nitrogens with zero attached hydrogens (tertiary/aromatic N) is 2. The number of amides is 1. The van der Waals surface area contributed by atoms with Gasteiger partial charge in [0, 0.05) is 49.8 Å². The van der Waals surface area contributed by atoms with Crippen molar-refractivity contribution >= 4 is 16.8 Å². The summed E-state index contributed by atoms with van der Waals surface area (Å²) in [6.07, 6.45) is 5.87. The van der Waals surface area contributed by atoms with Gasteiger partial charge in [-0.05, 0) is 36.3 Å². The first-order valence-corrected chi connectivity index (χ1v) is 10.4. The SMILES string of the molecule is CCc1cccc2c(CC(=O)N3CCCC(CN4CCOCC4)C3)c[nH]c12. The van der Waals surface area contributed by atoms with Crippen molar-refractivity contribution in [3.63, 3.8) is 0 Å². The molecule has 0 spiro atoms. The van der Waals surface area contributed by atoms with E-state index in [1.165, 1.54) is 22.9 Å². The molecule has 0 aliphatic carbocycles. The molecule has 4 rings (SSSR count). The summed E-state index contributed by atoms with van der Waals surface area (Å²) in [6, 6.07) is 6.39. The van der Waals surface area contributed by atoms with Crippen molar-refractivity contribution in [3.05, 3.63) is 35.5 Å². The number of carbonyl (C=O) groups is 1. The summed E-state index contributed by atoms with van der Waals surface area (Å²) in [5.41, 5.74) is 3.63. The number of aryl methyl sites for hydroxylation is 1. The Balaban J connectivity index is 1.39. The fourth-order valence-corrected chi connectivity index (χ4v) is 4.58. The fourth-order valence-electron chi connectivity index (χ4n) is 4.58. The van der Waals surface area contributed by atoms with Gasteiger partial charge in [-0.3, -0.25) is 9.69 Å². The first-order valence-electron chi connectivity index (χ1n) is 10.4. The van der Waals surface area contributed by atoms with Crippen molar-refractivity contribution in [1.29, 1.82) is 0 Å². The lowest BCUT2D eigenvalue weighted by Gasteiger charge is -2.36. The first-order chi connectivity index (χ1) is 13.2. The van der Waals surface area contributed by atoms with Crippen molar-refractivity contribution in [1.82, 2.24) is 14.8 Å². The predicted molar refractivity (Wildman–Crippen MR) is 108 cm³/mol. The van der Waals surface area contributed by atoms with E-state index in [-0.39, 0.29) is 5.91 Å². The molecule has 1 unspecified atom stereocenters. The minimum absolute atomic E-state index is 0.268. The highest BCUT2D eigenvalue weighted by molar-refractivity contribution is 5.90. The average molecular weight is 370 g/mol. The molecular formula is C22H31N3O2. The van der Waals surface area contributed by atoms with Crippen LogP contribution in [0.4, 0.5) is 0 Å². The Morgan fingerprint density at radius 3 is 2.89 bits per heavy atom. The molecule has 2 aromatic rings. The van der Waals surface area contributed by atoms with E-state index in [2.05, 4.69) is 39.9 Å². The van der Waals surface area contributed by atoms with Crippen LogP contribution >= 0.6 is 0 Å². The van der Waals surface area contributed by atoms with Gasteiger partial charge in [-0.2, -0.15) is 0 Å². The van der Waals surface area contributed by atoms with E-state index in [0.29, 0.717) is 12.3 Å². The van der Waals surface area contributed by atoms with Gasteiger partial charge in [0.15, 0.2) is 0 Å². The molecular weight excluding hydrogens is 338 g/mol. The Morgan fingerprint density at radius 2 is 2.07 bits per heavy atom. The fraction of sp³-hybridized carbons (Fsp3) is 0.591. The standard InChI is InChI=1S/C22H31N3O2/c1-2-18-6-3-7-20-19(14-23-22(18)20)13-21(26)25-8-4-5-17(16-25)15-24-9-11-27-12-10-24/h3,6-7,14,17,23H,2,4-5,8-13,15-16H2,1H3. The molecule has 1 N–H and O–H groups in total. The summed E-state index contributed by atoms with van der Waals surface area (Å²) in [6.45, 7) is 8.81. The number of H-pyrrole nitrogens is 1. The number of ether oxygens (including phenoxy) is 1. The number of nitrogens with one attached hydrogen (secondary N) is 1. The van der Waals surface area contributed by atoms with Crippen LogP contribution in [-0.2, 0) is 22.4 Å². The number of likely N-dealkylation sites (tertiary alicyclic amines) is 1. The lowest BCUT2D eigenvalue weighted by molar-refractivity contribution is -0.132. The lowest BCUT2D eigenvalue weighted by atomic mass is 9.96. The quantitative estimate of drug-likeness (QED) is 0.882. The molecule has 0 saturated carbocycles. The Bertz CT molecular complexity index is 779. The highest BCUT2D eigenvalue weighted by atomic mass is 16.5. The average Bonchev–Trinajstić information content (AvgIpc) is 3.12. The second kappa shape index (κ2) is 8.44. The van der Waals surface area contributed by atoms with E-state index < -0.39 is 0 Å². The molecule has 27 heavy (non-hydrogen) atoms. The number of fused-ring (bicyclic) bond motifs is 1. The highest BCUT2D eigenvalue weighted by Crippen LogP contribution is 2.24. The van der Waals surface area contributed by atoms with Gasteiger partial charge >= 0.3 is 0 Å². The number of aromatic nitrogens is 1. The van der Waals surface area contributed by atoms with Crippen LogP contribution in [0.25, 0.3) is 10.9 Å². The molecule has 5 nitrogen and oxygen atoms in total. The van der Waals surface area contributed by atoms with Gasteiger partial charge in [0.05, 0.1) is 19.6 Å². The highest BCUT2D eigenvalue weighted by Gasteiger charge is 2.26. The number of hydrogen-bond acceptors (Lipinski definition) is 3. The third-order valence-corrected chi connectivity index (χ3v) is 6.10. The second-order valence-corrected chi connectivity index (χ2v) is 7.94. The molecule has 1 aromatic heterocycles. The summed E-state index contributed by atoms with van der Waals surface area (Å²) in [5.74, 6) is 0.861. The maximum absolute atomic E-state index is 13.0. The molecule has 3 heterocycles. The van der Waals surface area contributed by atoms with Crippen molar-refractivity contribution in [2.24, 2.45) is 5.92 Å². The van der Waals surface area contributed by atoms with Gasteiger partial charge in [-0.1, -0.05) is 25.1 Å². The van der Waals surface area contributed by atoms with Gasteiger partial charge in [0.2, 0.25) is 5.91 Å². The zero-order valence-corrected chi connectivity index (χ0v) is 16.4. The summed E-state index contributed by atoms with van der Waals surface area (Å²) < 4.78 is 5.45. The number of hydrogen-bond donors (Lipinski definition) is 1. The van der Waals surface area contributed by atoms with Crippen LogP contribution in [0.1, 0.15) is 30.9 Å². The molecule has 1 amide bonds. The molecule has 0 radical (unpaired) electrons. The maximum Gasteiger partial charge on any atom is 0.227 e. The molecule has 146 valence electrons. The molecule has 5 heteroatoms. The van der Waals surface area contributed by atoms with E-state index in [4.69, 9.17) is 4.74 Å². The minimum Gasteiger partial charge on any atom is -0.379 e. The Morgan fingerprint density at radius 1 is 1.22 bits per heavy atom. The van der Waals surface area contributed by atoms with Crippen LogP contribution in [0.15, 0.2) is 24.4 Å². The number of carbonyl (C=O) groups excluding carboxylic acids is 1. The number of para-hydroxylation sites is 1. The molecule has 1 atom stereocenters. The van der Waals surface area contributed by atoms with Crippen LogP contribution in [0.5, 0.6) is 0 Å². The van der Waals surface area contributed by atoms with Crippen LogP contribution in [0.2, 0.25) is 0 Å². The summed E-state index contributed by atoms with van der Waals surface area (Å²) in [7, 11) is 0. The topological polar surface area (TPSA) is 48.6 Å². The number of aromatic amines is 1. The Kier molecular flexibility index (Phi) is 5.79. The van der Waals surface area contributed by atoms with Crippen molar-refractivity contribution in [3.8, 4) is 0 Å². The molecule has 2 aliphatic heterocycles. The summed E-state index contributed by atoms with van der Waals surface area (Å²) in [4.78, 5) is 21.0. The second-order valence-electron chi connectivity index (χ2n) is 7.94.